The van der Waals surface area contributed by atoms with Crippen LogP contribution in [0.2, 0.25) is 0 Å². The molecular formula is C8H13Br. The van der Waals surface area contributed by atoms with E-state index in [1.165, 1.54) is 32.1 Å². The zero-order valence-corrected chi connectivity index (χ0v) is 7.23. The van der Waals surface area contributed by atoms with Gasteiger partial charge in [0.1, 0.15) is 0 Å². The summed E-state index contributed by atoms with van der Waals surface area (Å²) in [5, 5.41) is 0. The Balaban J connectivity index is 1.93. The maximum Gasteiger partial charge on any atom is 0.0208 e. The number of alkyl halides is 1. The van der Waals surface area contributed by atoms with Crippen LogP contribution in [-0.2, 0) is 0 Å². The summed E-state index contributed by atoms with van der Waals surface area (Å²) in [4.78, 5) is 0.915. The Bertz CT molecular complexity index is 99.1. The summed E-state index contributed by atoms with van der Waals surface area (Å²) in [6.07, 6.45) is 7.47. The minimum absolute atomic E-state index is 0.915. The molecule has 0 aromatic rings. The van der Waals surface area contributed by atoms with Gasteiger partial charge in [0, 0.05) is 4.83 Å². The van der Waals surface area contributed by atoms with Crippen molar-refractivity contribution in [3.8, 4) is 0 Å². The van der Waals surface area contributed by atoms with Crippen molar-refractivity contribution in [1.82, 2.24) is 0 Å². The third-order valence-electron chi connectivity index (χ3n) is 2.80. The molecule has 0 nitrogen and oxygen atoms in total. The molecule has 1 unspecified atom stereocenters. The molecule has 0 saturated heterocycles. The lowest BCUT2D eigenvalue weighted by Gasteiger charge is -1.93. The first-order valence-electron chi connectivity index (χ1n) is 4.03. The highest BCUT2D eigenvalue weighted by Gasteiger charge is 2.47. The SMILES string of the molecule is BrC1[C@H]2CCCCC[C@@H]12. The van der Waals surface area contributed by atoms with E-state index in [0.717, 1.165) is 16.7 Å². The predicted molar refractivity (Wildman–Crippen MR) is 42.8 cm³/mol. The lowest BCUT2D eigenvalue weighted by atomic mass is 10.2. The second kappa shape index (κ2) is 2.26. The summed E-state index contributed by atoms with van der Waals surface area (Å²) in [6, 6.07) is 0. The van der Waals surface area contributed by atoms with Crippen molar-refractivity contribution < 1.29 is 0 Å². The summed E-state index contributed by atoms with van der Waals surface area (Å²) in [6.45, 7) is 0. The van der Waals surface area contributed by atoms with E-state index in [1.807, 2.05) is 0 Å². The van der Waals surface area contributed by atoms with E-state index >= 15 is 0 Å². The maximum absolute atomic E-state index is 3.71. The third-order valence-corrected chi connectivity index (χ3v) is 4.16. The van der Waals surface area contributed by atoms with Crippen molar-refractivity contribution in [3.63, 3.8) is 0 Å². The molecular weight excluding hydrogens is 176 g/mol. The molecule has 0 aromatic carbocycles. The number of fused-ring (bicyclic) bond motifs is 1. The van der Waals surface area contributed by atoms with Gasteiger partial charge in [-0.1, -0.05) is 35.2 Å². The Labute approximate surface area is 65.1 Å². The topological polar surface area (TPSA) is 0 Å². The predicted octanol–water partition coefficient (Wildman–Crippen LogP) is 2.96. The second-order valence-electron chi connectivity index (χ2n) is 3.41. The molecule has 2 rings (SSSR count). The largest absolute Gasteiger partial charge is 0.0884 e. The van der Waals surface area contributed by atoms with Crippen LogP contribution >= 0.6 is 15.9 Å². The first-order chi connectivity index (χ1) is 4.39. The Morgan fingerprint density at radius 3 is 2.00 bits per heavy atom. The van der Waals surface area contributed by atoms with Crippen LogP contribution in [0.3, 0.4) is 0 Å². The van der Waals surface area contributed by atoms with Crippen molar-refractivity contribution in [3.05, 3.63) is 0 Å². The highest BCUT2D eigenvalue weighted by atomic mass is 79.9. The monoisotopic (exact) mass is 188 g/mol. The standard InChI is InChI=1S/C8H13Br/c9-8-6-4-2-1-3-5-7(6)8/h6-8H,1-5H2/t6-,7+,8?. The number of rotatable bonds is 0. The highest BCUT2D eigenvalue weighted by molar-refractivity contribution is 9.09. The van der Waals surface area contributed by atoms with Gasteiger partial charge in [-0.05, 0) is 24.7 Å². The summed E-state index contributed by atoms with van der Waals surface area (Å²) in [5.74, 6) is 2.15. The van der Waals surface area contributed by atoms with Gasteiger partial charge in [-0.3, -0.25) is 0 Å². The van der Waals surface area contributed by atoms with E-state index < -0.39 is 0 Å². The van der Waals surface area contributed by atoms with Crippen LogP contribution in [0.5, 0.6) is 0 Å². The van der Waals surface area contributed by atoms with Crippen LogP contribution in [-0.4, -0.2) is 4.83 Å². The Hall–Kier alpha value is 0.480. The molecule has 2 aliphatic carbocycles. The molecule has 0 bridgehead atoms. The molecule has 2 fully saturated rings. The molecule has 2 aliphatic rings. The van der Waals surface area contributed by atoms with Crippen LogP contribution in [0.25, 0.3) is 0 Å². The van der Waals surface area contributed by atoms with Crippen molar-refractivity contribution in [2.75, 3.05) is 0 Å². The van der Waals surface area contributed by atoms with Gasteiger partial charge in [-0.15, -0.1) is 0 Å². The lowest BCUT2D eigenvalue weighted by molar-refractivity contribution is 0.649. The van der Waals surface area contributed by atoms with E-state index in [-0.39, 0.29) is 0 Å². The summed E-state index contributed by atoms with van der Waals surface area (Å²) >= 11 is 3.71. The smallest absolute Gasteiger partial charge is 0.0208 e. The molecule has 0 amide bonds. The van der Waals surface area contributed by atoms with Crippen LogP contribution in [0.4, 0.5) is 0 Å². The molecule has 1 heteroatoms. The van der Waals surface area contributed by atoms with Gasteiger partial charge < -0.3 is 0 Å². The first-order valence-corrected chi connectivity index (χ1v) is 4.95. The molecule has 0 aromatic heterocycles. The number of hydrogen-bond acceptors (Lipinski definition) is 0. The highest BCUT2D eigenvalue weighted by Crippen LogP contribution is 2.52. The van der Waals surface area contributed by atoms with Gasteiger partial charge in [0.15, 0.2) is 0 Å². The fraction of sp³-hybridized carbons (Fsp3) is 1.00. The van der Waals surface area contributed by atoms with Crippen LogP contribution in [0.15, 0.2) is 0 Å². The van der Waals surface area contributed by atoms with E-state index in [9.17, 15) is 0 Å². The van der Waals surface area contributed by atoms with Gasteiger partial charge in [0.2, 0.25) is 0 Å². The normalized spacial score (nSPS) is 49.7. The van der Waals surface area contributed by atoms with Crippen molar-refractivity contribution in [2.45, 2.75) is 36.9 Å². The van der Waals surface area contributed by atoms with E-state index in [4.69, 9.17) is 0 Å². The van der Waals surface area contributed by atoms with Crippen LogP contribution < -0.4 is 0 Å². The van der Waals surface area contributed by atoms with Gasteiger partial charge in [-0.2, -0.15) is 0 Å². The van der Waals surface area contributed by atoms with Crippen LogP contribution in [0.1, 0.15) is 32.1 Å². The Morgan fingerprint density at radius 1 is 0.889 bits per heavy atom. The summed E-state index contributed by atoms with van der Waals surface area (Å²) in [7, 11) is 0. The molecule has 0 aliphatic heterocycles. The second-order valence-corrected chi connectivity index (χ2v) is 4.47. The quantitative estimate of drug-likeness (QED) is 0.514. The molecule has 9 heavy (non-hydrogen) atoms. The van der Waals surface area contributed by atoms with Gasteiger partial charge in [-0.25, -0.2) is 0 Å². The lowest BCUT2D eigenvalue weighted by Crippen LogP contribution is -1.80. The van der Waals surface area contributed by atoms with Gasteiger partial charge >= 0.3 is 0 Å². The van der Waals surface area contributed by atoms with E-state index in [2.05, 4.69) is 15.9 Å². The number of halogens is 1. The minimum atomic E-state index is 0.915. The molecule has 0 heterocycles. The van der Waals surface area contributed by atoms with Gasteiger partial charge in [0.05, 0.1) is 0 Å². The fourth-order valence-corrected chi connectivity index (χ4v) is 3.22. The molecule has 0 spiro atoms. The Kier molecular flexibility index (Phi) is 1.56. The Morgan fingerprint density at radius 2 is 1.44 bits per heavy atom. The van der Waals surface area contributed by atoms with E-state index in [1.54, 1.807) is 0 Å². The maximum atomic E-state index is 3.71. The van der Waals surface area contributed by atoms with E-state index in [0.29, 0.717) is 0 Å². The first kappa shape index (κ1) is 6.21. The molecule has 0 N–H and O–H groups in total. The van der Waals surface area contributed by atoms with Gasteiger partial charge in [0.25, 0.3) is 0 Å². The van der Waals surface area contributed by atoms with Crippen LogP contribution in [0, 0.1) is 11.8 Å². The average molecular weight is 189 g/mol. The zero-order valence-electron chi connectivity index (χ0n) is 5.65. The van der Waals surface area contributed by atoms with Crippen molar-refractivity contribution in [1.29, 1.82) is 0 Å². The summed E-state index contributed by atoms with van der Waals surface area (Å²) in [5.41, 5.74) is 0. The molecule has 0 radical (unpaired) electrons. The number of hydrogen-bond donors (Lipinski definition) is 0. The molecule has 52 valence electrons. The molecule has 2 saturated carbocycles. The summed E-state index contributed by atoms with van der Waals surface area (Å²) < 4.78 is 0. The van der Waals surface area contributed by atoms with Crippen molar-refractivity contribution in [2.24, 2.45) is 11.8 Å². The average Bonchev–Trinajstić information content (AvgIpc) is 2.51. The van der Waals surface area contributed by atoms with Crippen molar-refractivity contribution >= 4 is 15.9 Å². The fourth-order valence-electron chi connectivity index (χ4n) is 2.08. The third kappa shape index (κ3) is 1.04. The minimum Gasteiger partial charge on any atom is -0.0884 e. The zero-order chi connectivity index (χ0) is 6.27. The molecule has 3 atom stereocenters.